The predicted molar refractivity (Wildman–Crippen MR) is 101 cm³/mol. The van der Waals surface area contributed by atoms with Crippen LogP contribution in [0.2, 0.25) is 0 Å². The van der Waals surface area contributed by atoms with E-state index in [4.69, 9.17) is 18.5 Å². The zero-order valence-electron chi connectivity index (χ0n) is 16.1. The number of amides is 1. The van der Waals surface area contributed by atoms with E-state index in [1.54, 1.807) is 25.9 Å². The van der Waals surface area contributed by atoms with Crippen molar-refractivity contribution in [2.75, 3.05) is 33.4 Å². The third kappa shape index (κ3) is 6.59. The Bertz CT molecular complexity index is 620. The molecule has 1 aliphatic heterocycles. The number of carbonyl (C=O) groups excluding carboxylic acids is 1. The maximum atomic E-state index is 12.8. The number of nitrogens with zero attached hydrogens (tertiary/aromatic N) is 1. The van der Waals surface area contributed by atoms with Gasteiger partial charge in [-0.2, -0.15) is 0 Å². The highest BCUT2D eigenvalue weighted by atomic mass is 31.2. The monoisotopic (exact) mass is 400 g/mol. The van der Waals surface area contributed by atoms with Gasteiger partial charge in [-0.15, -0.1) is 0 Å². The number of ether oxygens (including phenoxy) is 2. The van der Waals surface area contributed by atoms with Crippen molar-refractivity contribution in [3.63, 3.8) is 0 Å². The molecule has 152 valence electrons. The van der Waals surface area contributed by atoms with Gasteiger partial charge in [0.25, 0.3) is 0 Å². The van der Waals surface area contributed by atoms with Crippen LogP contribution >= 0.6 is 7.75 Å². The van der Waals surface area contributed by atoms with Crippen LogP contribution in [0.4, 0.5) is 4.79 Å². The molecule has 8 nitrogen and oxygen atoms in total. The minimum absolute atomic E-state index is 0.207. The summed E-state index contributed by atoms with van der Waals surface area (Å²) < 4.78 is 34.3. The van der Waals surface area contributed by atoms with Crippen LogP contribution < -0.4 is 5.09 Å². The van der Waals surface area contributed by atoms with Crippen LogP contribution in [0.5, 0.6) is 0 Å². The molecule has 1 N–H and O–H groups in total. The van der Waals surface area contributed by atoms with Gasteiger partial charge in [-0.05, 0) is 25.8 Å². The number of piperidine rings is 1. The van der Waals surface area contributed by atoms with E-state index >= 15 is 0 Å². The molecule has 1 fully saturated rings. The van der Waals surface area contributed by atoms with Crippen molar-refractivity contribution in [2.45, 2.75) is 39.0 Å². The lowest BCUT2D eigenvalue weighted by atomic mass is 10.0. The van der Waals surface area contributed by atoms with Crippen LogP contribution in [0.15, 0.2) is 30.3 Å². The second-order valence-corrected chi connectivity index (χ2v) is 7.89. The van der Waals surface area contributed by atoms with Crippen molar-refractivity contribution in [1.82, 2.24) is 9.99 Å². The van der Waals surface area contributed by atoms with Crippen molar-refractivity contribution >= 4 is 13.8 Å². The van der Waals surface area contributed by atoms with Crippen molar-refractivity contribution in [3.05, 3.63) is 35.9 Å². The van der Waals surface area contributed by atoms with Gasteiger partial charge in [0.2, 0.25) is 0 Å². The number of nitrogens with one attached hydrogen (secondary N) is 1. The lowest BCUT2D eigenvalue weighted by Crippen LogP contribution is -2.55. The van der Waals surface area contributed by atoms with Crippen molar-refractivity contribution in [1.29, 1.82) is 0 Å². The molecule has 1 heterocycles. The summed E-state index contributed by atoms with van der Waals surface area (Å²) in [5.41, 5.74) is 0.921. The number of likely N-dealkylation sites (tertiary alicyclic amines) is 1. The Kier molecular flexibility index (Phi) is 8.73. The Morgan fingerprint density at radius 2 is 1.89 bits per heavy atom. The molecule has 2 rings (SSSR count). The number of rotatable bonds is 9. The molecule has 1 amide bonds. The van der Waals surface area contributed by atoms with Gasteiger partial charge in [-0.25, -0.2) is 14.4 Å². The quantitative estimate of drug-likeness (QED) is 0.637. The van der Waals surface area contributed by atoms with E-state index < -0.39 is 19.9 Å². The molecule has 1 aromatic rings. The molecule has 0 radical (unpaired) electrons. The van der Waals surface area contributed by atoms with Gasteiger partial charge in [-0.3, -0.25) is 9.05 Å². The first-order chi connectivity index (χ1) is 13.0. The number of hydrogen-bond acceptors (Lipinski definition) is 6. The Balaban J connectivity index is 1.97. The van der Waals surface area contributed by atoms with E-state index in [0.717, 1.165) is 5.56 Å². The average molecular weight is 400 g/mol. The van der Waals surface area contributed by atoms with Crippen molar-refractivity contribution in [2.24, 2.45) is 0 Å². The summed E-state index contributed by atoms with van der Waals surface area (Å²) in [6.45, 7) is 4.98. The molecule has 0 aliphatic carbocycles. The molecule has 2 atom stereocenters. The first-order valence-electron chi connectivity index (χ1n) is 9.16. The SMILES string of the molecule is CCOP(=O)(N[C@@H]1CN(C(=O)OCc2ccccc2)CC[C@H]1OC)OCC. The zero-order chi connectivity index (χ0) is 19.7. The summed E-state index contributed by atoms with van der Waals surface area (Å²) in [6, 6.07) is 9.10. The van der Waals surface area contributed by atoms with E-state index in [9.17, 15) is 9.36 Å². The maximum Gasteiger partial charge on any atom is 0.410 e. The number of hydrogen-bond donors (Lipinski definition) is 1. The molecule has 9 heteroatoms. The fourth-order valence-corrected chi connectivity index (χ4v) is 4.53. The minimum Gasteiger partial charge on any atom is -0.445 e. The fraction of sp³-hybridized carbons (Fsp3) is 0.611. The summed E-state index contributed by atoms with van der Waals surface area (Å²) in [5, 5.41) is 2.93. The van der Waals surface area contributed by atoms with Gasteiger partial charge < -0.3 is 14.4 Å². The first-order valence-corrected chi connectivity index (χ1v) is 10.7. The van der Waals surface area contributed by atoms with E-state index in [-0.39, 0.29) is 32.5 Å². The molecule has 0 bridgehead atoms. The van der Waals surface area contributed by atoms with Crippen LogP contribution in [0, 0.1) is 0 Å². The van der Waals surface area contributed by atoms with Gasteiger partial charge in [0.1, 0.15) is 6.61 Å². The number of carbonyl (C=O) groups is 1. The summed E-state index contributed by atoms with van der Waals surface area (Å²) in [5.74, 6) is 0. The second-order valence-electron chi connectivity index (χ2n) is 6.12. The predicted octanol–water partition coefficient (Wildman–Crippen LogP) is 3.18. The van der Waals surface area contributed by atoms with E-state index in [0.29, 0.717) is 13.0 Å². The molecule has 27 heavy (non-hydrogen) atoms. The maximum absolute atomic E-state index is 12.8. The molecule has 0 unspecified atom stereocenters. The van der Waals surface area contributed by atoms with Gasteiger partial charge >= 0.3 is 13.8 Å². The summed E-state index contributed by atoms with van der Waals surface area (Å²) in [4.78, 5) is 14.0. The zero-order valence-corrected chi connectivity index (χ0v) is 17.0. The van der Waals surface area contributed by atoms with Gasteiger partial charge in [0.15, 0.2) is 0 Å². The lowest BCUT2D eigenvalue weighted by Gasteiger charge is -2.38. The van der Waals surface area contributed by atoms with Crippen LogP contribution in [-0.4, -0.2) is 56.6 Å². The van der Waals surface area contributed by atoms with Gasteiger partial charge in [0.05, 0.1) is 25.4 Å². The molecule has 1 aromatic carbocycles. The van der Waals surface area contributed by atoms with E-state index in [2.05, 4.69) is 5.09 Å². The molecule has 1 saturated heterocycles. The summed E-state index contributed by atoms with van der Waals surface area (Å²) >= 11 is 0. The third-order valence-corrected chi connectivity index (χ3v) is 6.08. The summed E-state index contributed by atoms with van der Waals surface area (Å²) in [7, 11) is -1.87. The van der Waals surface area contributed by atoms with Crippen LogP contribution in [0.1, 0.15) is 25.8 Å². The third-order valence-electron chi connectivity index (χ3n) is 4.24. The Hall–Kier alpha value is -1.44. The second kappa shape index (κ2) is 10.8. The minimum atomic E-state index is -3.47. The van der Waals surface area contributed by atoms with Crippen LogP contribution in [0.3, 0.4) is 0 Å². The Labute approximate surface area is 160 Å². The topological polar surface area (TPSA) is 86.3 Å². The largest absolute Gasteiger partial charge is 0.445 e. The molecule has 1 aliphatic rings. The highest BCUT2D eigenvalue weighted by molar-refractivity contribution is 7.51. The average Bonchev–Trinajstić information content (AvgIpc) is 2.67. The number of methoxy groups -OCH3 is 1. The molecule has 0 spiro atoms. The Morgan fingerprint density at radius 1 is 1.22 bits per heavy atom. The molecule has 0 saturated carbocycles. The van der Waals surface area contributed by atoms with E-state index in [1.165, 1.54) is 0 Å². The van der Waals surface area contributed by atoms with Crippen LogP contribution in [-0.2, 0) is 29.7 Å². The molecule has 0 aromatic heterocycles. The van der Waals surface area contributed by atoms with Gasteiger partial charge in [0, 0.05) is 20.2 Å². The molecular weight excluding hydrogens is 371 g/mol. The highest BCUT2D eigenvalue weighted by Crippen LogP contribution is 2.44. The van der Waals surface area contributed by atoms with Gasteiger partial charge in [-0.1, -0.05) is 30.3 Å². The van der Waals surface area contributed by atoms with Crippen LogP contribution in [0.25, 0.3) is 0 Å². The fourth-order valence-electron chi connectivity index (χ4n) is 2.97. The smallest absolute Gasteiger partial charge is 0.410 e. The lowest BCUT2D eigenvalue weighted by molar-refractivity contribution is 0.0109. The standard InChI is InChI=1S/C18H29N2O6P/c1-4-25-27(22,26-5-2)19-16-13-20(12-11-17(16)23-3)18(21)24-14-15-9-7-6-8-10-15/h6-10,16-17H,4-5,11-14H2,1-3H3,(H,19,22)/t16-,17-/m1/s1. The normalized spacial score (nSPS) is 20.5. The first kappa shape index (κ1) is 21.9. The number of benzene rings is 1. The van der Waals surface area contributed by atoms with Crippen molar-refractivity contribution in [3.8, 4) is 0 Å². The summed E-state index contributed by atoms with van der Waals surface area (Å²) in [6.07, 6.45) is -0.0346. The van der Waals surface area contributed by atoms with E-state index in [1.807, 2.05) is 30.3 Å². The van der Waals surface area contributed by atoms with Crippen molar-refractivity contribution < 1.29 is 27.9 Å². The highest BCUT2D eigenvalue weighted by Gasteiger charge is 2.37. The Morgan fingerprint density at radius 3 is 2.48 bits per heavy atom. The molecular formula is C18H29N2O6P.